The van der Waals surface area contributed by atoms with E-state index in [1.165, 1.54) is 10.4 Å². The summed E-state index contributed by atoms with van der Waals surface area (Å²) in [5.41, 5.74) is 2.40. The van der Waals surface area contributed by atoms with E-state index in [0.717, 1.165) is 42.6 Å². The van der Waals surface area contributed by atoms with Crippen molar-refractivity contribution in [3.05, 3.63) is 50.9 Å². The van der Waals surface area contributed by atoms with Crippen LogP contribution in [-0.2, 0) is 6.42 Å². The molecule has 0 aromatic carbocycles. The molecule has 21 heavy (non-hydrogen) atoms. The van der Waals surface area contributed by atoms with Gasteiger partial charge in [0.15, 0.2) is 0 Å². The van der Waals surface area contributed by atoms with Crippen LogP contribution in [0.4, 0.5) is 0 Å². The summed E-state index contributed by atoms with van der Waals surface area (Å²) in [6.45, 7) is 6.30. The minimum absolute atomic E-state index is 0.218. The molecule has 0 amide bonds. The number of thiophene rings is 1. The molecule has 1 saturated heterocycles. The standard InChI is InChI=1S/C16H20ClN3S/c1-2-12-3-4-13(19-11-12)16(14-5-6-15(17)21-14)20-9-7-18-8-10-20/h3-6,11,16,18H,2,7-10H2,1H3. The third-order valence-corrected chi connectivity index (χ3v) is 5.20. The monoisotopic (exact) mass is 321 g/mol. The Morgan fingerprint density at radius 2 is 2.10 bits per heavy atom. The van der Waals surface area contributed by atoms with Crippen LogP contribution in [0.5, 0.6) is 0 Å². The molecular weight excluding hydrogens is 302 g/mol. The van der Waals surface area contributed by atoms with E-state index in [9.17, 15) is 0 Å². The van der Waals surface area contributed by atoms with E-state index in [4.69, 9.17) is 16.6 Å². The Kier molecular flexibility index (Phi) is 4.91. The fourth-order valence-corrected chi connectivity index (χ4v) is 3.94. The van der Waals surface area contributed by atoms with Crippen LogP contribution in [0.3, 0.4) is 0 Å². The first-order valence-corrected chi connectivity index (χ1v) is 8.62. The molecule has 0 spiro atoms. The number of halogens is 1. The van der Waals surface area contributed by atoms with Gasteiger partial charge in [-0.15, -0.1) is 11.3 Å². The van der Waals surface area contributed by atoms with Gasteiger partial charge in [-0.25, -0.2) is 0 Å². The van der Waals surface area contributed by atoms with Gasteiger partial charge in [-0.3, -0.25) is 9.88 Å². The summed E-state index contributed by atoms with van der Waals surface area (Å²) in [6, 6.07) is 8.69. The lowest BCUT2D eigenvalue weighted by molar-refractivity contribution is 0.198. The number of hydrogen-bond donors (Lipinski definition) is 1. The number of nitrogens with one attached hydrogen (secondary N) is 1. The van der Waals surface area contributed by atoms with E-state index in [1.807, 2.05) is 12.3 Å². The molecule has 5 heteroatoms. The highest BCUT2D eigenvalue weighted by molar-refractivity contribution is 7.16. The van der Waals surface area contributed by atoms with E-state index >= 15 is 0 Å². The van der Waals surface area contributed by atoms with Crippen molar-refractivity contribution >= 4 is 22.9 Å². The van der Waals surface area contributed by atoms with Crippen molar-refractivity contribution < 1.29 is 0 Å². The zero-order valence-electron chi connectivity index (χ0n) is 12.2. The summed E-state index contributed by atoms with van der Waals surface area (Å²) in [5, 5.41) is 3.41. The summed E-state index contributed by atoms with van der Waals surface area (Å²) >= 11 is 7.80. The minimum Gasteiger partial charge on any atom is -0.314 e. The molecule has 0 aliphatic carbocycles. The van der Waals surface area contributed by atoms with Crippen molar-refractivity contribution in [2.24, 2.45) is 0 Å². The molecule has 0 saturated carbocycles. The summed E-state index contributed by atoms with van der Waals surface area (Å²) in [7, 11) is 0. The van der Waals surface area contributed by atoms with Crippen LogP contribution < -0.4 is 5.32 Å². The van der Waals surface area contributed by atoms with Gasteiger partial charge in [0.25, 0.3) is 0 Å². The van der Waals surface area contributed by atoms with Crippen LogP contribution in [0.25, 0.3) is 0 Å². The second-order valence-corrected chi connectivity index (χ2v) is 7.02. The first-order chi connectivity index (χ1) is 10.3. The molecule has 2 aromatic heterocycles. The molecule has 3 nitrogen and oxygen atoms in total. The predicted octanol–water partition coefficient (Wildman–Crippen LogP) is 3.35. The van der Waals surface area contributed by atoms with E-state index in [0.29, 0.717) is 0 Å². The number of rotatable bonds is 4. The molecule has 2 aromatic rings. The Labute approximate surface area is 135 Å². The highest BCUT2D eigenvalue weighted by atomic mass is 35.5. The van der Waals surface area contributed by atoms with E-state index in [-0.39, 0.29) is 6.04 Å². The van der Waals surface area contributed by atoms with Gasteiger partial charge in [0.2, 0.25) is 0 Å². The zero-order valence-corrected chi connectivity index (χ0v) is 13.8. The van der Waals surface area contributed by atoms with Gasteiger partial charge in [0, 0.05) is 37.3 Å². The molecule has 0 bridgehead atoms. The second-order valence-electron chi connectivity index (χ2n) is 5.28. The Morgan fingerprint density at radius 3 is 2.67 bits per heavy atom. The van der Waals surface area contributed by atoms with Gasteiger partial charge in [0.05, 0.1) is 16.1 Å². The lowest BCUT2D eigenvalue weighted by Gasteiger charge is -2.34. The molecule has 1 aliphatic rings. The van der Waals surface area contributed by atoms with Crippen LogP contribution in [0.2, 0.25) is 4.34 Å². The third-order valence-electron chi connectivity index (χ3n) is 3.92. The number of pyridine rings is 1. The molecule has 0 radical (unpaired) electrons. The molecule has 1 unspecified atom stereocenters. The van der Waals surface area contributed by atoms with Crippen molar-refractivity contribution in [1.29, 1.82) is 0 Å². The molecule has 1 aliphatic heterocycles. The minimum atomic E-state index is 0.218. The number of aryl methyl sites for hydroxylation is 1. The smallest absolute Gasteiger partial charge is 0.0931 e. The number of aromatic nitrogens is 1. The zero-order chi connectivity index (χ0) is 14.7. The van der Waals surface area contributed by atoms with E-state index in [1.54, 1.807) is 11.3 Å². The van der Waals surface area contributed by atoms with Gasteiger partial charge in [-0.05, 0) is 30.2 Å². The van der Waals surface area contributed by atoms with Gasteiger partial charge in [0.1, 0.15) is 0 Å². The molecule has 1 fully saturated rings. The first-order valence-electron chi connectivity index (χ1n) is 7.42. The van der Waals surface area contributed by atoms with Gasteiger partial charge in [-0.1, -0.05) is 24.6 Å². The number of hydrogen-bond acceptors (Lipinski definition) is 4. The lowest BCUT2D eigenvalue weighted by Crippen LogP contribution is -2.45. The maximum absolute atomic E-state index is 6.15. The van der Waals surface area contributed by atoms with Crippen LogP contribution >= 0.6 is 22.9 Å². The van der Waals surface area contributed by atoms with Crippen molar-refractivity contribution in [3.8, 4) is 0 Å². The summed E-state index contributed by atoms with van der Waals surface area (Å²) < 4.78 is 0.843. The third kappa shape index (κ3) is 3.46. The summed E-state index contributed by atoms with van der Waals surface area (Å²) in [5.74, 6) is 0. The number of piperazine rings is 1. The van der Waals surface area contributed by atoms with Crippen LogP contribution in [0.15, 0.2) is 30.5 Å². The molecular formula is C16H20ClN3S. The van der Waals surface area contributed by atoms with Gasteiger partial charge >= 0.3 is 0 Å². The fourth-order valence-electron chi connectivity index (χ4n) is 2.74. The molecule has 1 atom stereocenters. The normalized spacial score (nSPS) is 17.8. The van der Waals surface area contributed by atoms with Crippen LogP contribution in [-0.4, -0.2) is 36.1 Å². The Hall–Kier alpha value is -0.940. The average molecular weight is 322 g/mol. The molecule has 3 rings (SSSR count). The Morgan fingerprint density at radius 1 is 1.29 bits per heavy atom. The van der Waals surface area contributed by atoms with Crippen molar-refractivity contribution in [3.63, 3.8) is 0 Å². The Balaban J connectivity index is 1.93. The highest BCUT2D eigenvalue weighted by Crippen LogP contribution is 2.34. The van der Waals surface area contributed by atoms with Gasteiger partial charge < -0.3 is 5.32 Å². The molecule has 3 heterocycles. The van der Waals surface area contributed by atoms with E-state index in [2.05, 4.69) is 35.3 Å². The van der Waals surface area contributed by atoms with Crippen molar-refractivity contribution in [2.45, 2.75) is 19.4 Å². The lowest BCUT2D eigenvalue weighted by atomic mass is 10.1. The fraction of sp³-hybridized carbons (Fsp3) is 0.438. The van der Waals surface area contributed by atoms with Crippen molar-refractivity contribution in [2.75, 3.05) is 26.2 Å². The Bertz CT molecular complexity index is 575. The quantitative estimate of drug-likeness (QED) is 0.936. The predicted molar refractivity (Wildman–Crippen MR) is 89.2 cm³/mol. The van der Waals surface area contributed by atoms with E-state index < -0.39 is 0 Å². The molecule has 112 valence electrons. The van der Waals surface area contributed by atoms with Gasteiger partial charge in [-0.2, -0.15) is 0 Å². The molecule has 1 N–H and O–H groups in total. The maximum atomic E-state index is 6.15. The van der Waals surface area contributed by atoms with Crippen LogP contribution in [0.1, 0.15) is 29.1 Å². The second kappa shape index (κ2) is 6.88. The topological polar surface area (TPSA) is 28.2 Å². The summed E-state index contributed by atoms with van der Waals surface area (Å²) in [4.78, 5) is 8.48. The number of nitrogens with zero attached hydrogens (tertiary/aromatic N) is 2. The van der Waals surface area contributed by atoms with Crippen molar-refractivity contribution in [1.82, 2.24) is 15.2 Å². The van der Waals surface area contributed by atoms with Crippen LogP contribution in [0, 0.1) is 0 Å². The first kappa shape index (κ1) is 15.0. The largest absolute Gasteiger partial charge is 0.314 e. The SMILES string of the molecule is CCc1ccc(C(c2ccc(Cl)s2)N2CCNCC2)nc1. The maximum Gasteiger partial charge on any atom is 0.0931 e. The highest BCUT2D eigenvalue weighted by Gasteiger charge is 2.26. The average Bonchev–Trinajstić information content (AvgIpc) is 2.95. The summed E-state index contributed by atoms with van der Waals surface area (Å²) in [6.07, 6.45) is 3.02.